The fourth-order valence-electron chi connectivity index (χ4n) is 1.62. The van der Waals surface area contributed by atoms with E-state index in [1.165, 1.54) is 0 Å². The highest BCUT2D eigenvalue weighted by Crippen LogP contribution is 2.16. The zero-order valence-corrected chi connectivity index (χ0v) is 13.1. The summed E-state index contributed by atoms with van der Waals surface area (Å²) in [6, 6.07) is 5.54. The molecule has 2 N–H and O–H groups in total. The first-order chi connectivity index (χ1) is 8.85. The van der Waals surface area contributed by atoms with E-state index in [0.29, 0.717) is 18.6 Å². The van der Waals surface area contributed by atoms with Gasteiger partial charge in [-0.25, -0.2) is 0 Å². The van der Waals surface area contributed by atoms with Crippen molar-refractivity contribution < 1.29 is 14.6 Å². The first-order valence-electron chi connectivity index (χ1n) is 6.11. The molecule has 0 radical (unpaired) electrons. The van der Waals surface area contributed by atoms with Gasteiger partial charge in [0.1, 0.15) is 0 Å². The Kier molecular flexibility index (Phi) is 5.97. The number of rotatable bonds is 6. The molecule has 4 nitrogen and oxygen atoms in total. The molecule has 5 heteroatoms. The van der Waals surface area contributed by atoms with Crippen LogP contribution in [0.15, 0.2) is 22.7 Å². The fraction of sp³-hybridized carbons (Fsp3) is 0.500. The molecular formula is C14H20BrNO3. The topological polar surface area (TPSA) is 58.6 Å². The van der Waals surface area contributed by atoms with Crippen molar-refractivity contribution in [1.29, 1.82) is 0 Å². The van der Waals surface area contributed by atoms with Crippen LogP contribution < -0.4 is 5.32 Å². The lowest BCUT2D eigenvalue weighted by Gasteiger charge is -2.23. The third kappa shape index (κ3) is 5.30. The van der Waals surface area contributed by atoms with Crippen LogP contribution in [-0.2, 0) is 4.74 Å². The van der Waals surface area contributed by atoms with E-state index in [1.807, 2.05) is 19.1 Å². The molecule has 0 fully saturated rings. The number of halogens is 1. The number of aryl methyl sites for hydroxylation is 1. The van der Waals surface area contributed by atoms with Crippen LogP contribution in [0.4, 0.5) is 0 Å². The van der Waals surface area contributed by atoms with Gasteiger partial charge >= 0.3 is 0 Å². The number of aliphatic hydroxyl groups is 1. The summed E-state index contributed by atoms with van der Waals surface area (Å²) in [5.41, 5.74) is 0.542. The van der Waals surface area contributed by atoms with Crippen LogP contribution in [-0.4, -0.2) is 36.9 Å². The van der Waals surface area contributed by atoms with Gasteiger partial charge in [0.15, 0.2) is 0 Å². The highest BCUT2D eigenvalue weighted by atomic mass is 79.9. The van der Waals surface area contributed by atoms with Gasteiger partial charge in [-0.3, -0.25) is 4.79 Å². The number of amides is 1. The van der Waals surface area contributed by atoms with Crippen LogP contribution in [0.5, 0.6) is 0 Å². The molecule has 1 aromatic rings. The summed E-state index contributed by atoms with van der Waals surface area (Å²) in [6.45, 7) is 4.21. The average Bonchev–Trinajstić information content (AvgIpc) is 2.36. The van der Waals surface area contributed by atoms with Crippen molar-refractivity contribution in [2.24, 2.45) is 0 Å². The van der Waals surface area contributed by atoms with Crippen molar-refractivity contribution in [1.82, 2.24) is 5.32 Å². The molecule has 0 aliphatic carbocycles. The summed E-state index contributed by atoms with van der Waals surface area (Å²) in [5.74, 6) is -0.184. The molecule has 1 rings (SSSR count). The molecule has 1 atom stereocenters. The number of ether oxygens (including phenoxy) is 1. The lowest BCUT2D eigenvalue weighted by atomic mass is 10.0. The van der Waals surface area contributed by atoms with E-state index in [-0.39, 0.29) is 12.5 Å². The molecule has 19 heavy (non-hydrogen) atoms. The van der Waals surface area contributed by atoms with E-state index in [9.17, 15) is 9.90 Å². The highest BCUT2D eigenvalue weighted by molar-refractivity contribution is 9.10. The summed E-state index contributed by atoms with van der Waals surface area (Å²) in [6.07, 6.45) is 0.473. The third-order valence-corrected chi connectivity index (χ3v) is 3.41. The first-order valence-corrected chi connectivity index (χ1v) is 6.91. The van der Waals surface area contributed by atoms with Gasteiger partial charge in [-0.05, 0) is 31.5 Å². The smallest absolute Gasteiger partial charge is 0.251 e. The highest BCUT2D eigenvalue weighted by Gasteiger charge is 2.21. The minimum Gasteiger partial charge on any atom is -0.388 e. The van der Waals surface area contributed by atoms with Gasteiger partial charge in [0, 0.05) is 36.7 Å². The fourth-order valence-corrected chi connectivity index (χ4v) is 1.98. The number of carbonyl (C=O) groups is 1. The van der Waals surface area contributed by atoms with Crippen LogP contribution in [0.25, 0.3) is 0 Å². The lowest BCUT2D eigenvalue weighted by molar-refractivity contribution is 0.0243. The second-order valence-electron chi connectivity index (χ2n) is 4.88. The molecule has 0 saturated heterocycles. The lowest BCUT2D eigenvalue weighted by Crippen LogP contribution is -2.41. The quantitative estimate of drug-likeness (QED) is 0.841. The second kappa shape index (κ2) is 7.03. The van der Waals surface area contributed by atoms with E-state index in [1.54, 1.807) is 20.1 Å². The summed E-state index contributed by atoms with van der Waals surface area (Å²) < 4.78 is 5.78. The maximum Gasteiger partial charge on any atom is 0.251 e. The number of hydrogen-bond donors (Lipinski definition) is 2. The maximum atomic E-state index is 12.1. The maximum absolute atomic E-state index is 12.1. The normalized spacial score (nSPS) is 13.9. The van der Waals surface area contributed by atoms with Crippen molar-refractivity contribution in [3.05, 3.63) is 33.8 Å². The van der Waals surface area contributed by atoms with E-state index < -0.39 is 5.60 Å². The van der Waals surface area contributed by atoms with E-state index in [2.05, 4.69) is 21.2 Å². The van der Waals surface area contributed by atoms with Crippen molar-refractivity contribution in [2.45, 2.75) is 25.9 Å². The van der Waals surface area contributed by atoms with Crippen molar-refractivity contribution in [2.75, 3.05) is 20.3 Å². The van der Waals surface area contributed by atoms with Crippen LogP contribution in [0, 0.1) is 6.92 Å². The predicted octanol–water partition coefficient (Wildman–Crippen LogP) is 2.27. The van der Waals surface area contributed by atoms with E-state index in [0.717, 1.165) is 10.0 Å². The second-order valence-corrected chi connectivity index (χ2v) is 5.80. The summed E-state index contributed by atoms with van der Waals surface area (Å²) in [4.78, 5) is 12.1. The summed E-state index contributed by atoms with van der Waals surface area (Å²) in [5, 5.41) is 12.8. The Morgan fingerprint density at radius 3 is 2.84 bits per heavy atom. The zero-order valence-electron chi connectivity index (χ0n) is 11.5. The molecular weight excluding hydrogens is 310 g/mol. The van der Waals surface area contributed by atoms with Gasteiger partial charge in [-0.15, -0.1) is 0 Å². The Labute approximate surface area is 122 Å². The molecule has 1 amide bonds. The van der Waals surface area contributed by atoms with Crippen molar-refractivity contribution >= 4 is 21.8 Å². The van der Waals surface area contributed by atoms with E-state index >= 15 is 0 Å². The third-order valence-electron chi connectivity index (χ3n) is 2.92. The number of benzene rings is 1. The van der Waals surface area contributed by atoms with E-state index in [4.69, 9.17) is 4.74 Å². The molecule has 1 unspecified atom stereocenters. The molecule has 0 bridgehead atoms. The molecule has 1 aromatic carbocycles. The number of methoxy groups -OCH3 is 1. The van der Waals surface area contributed by atoms with Crippen LogP contribution in [0.1, 0.15) is 29.3 Å². The minimum absolute atomic E-state index is 0.184. The molecule has 0 aliphatic heterocycles. The van der Waals surface area contributed by atoms with Gasteiger partial charge in [-0.1, -0.05) is 22.0 Å². The van der Waals surface area contributed by atoms with Gasteiger partial charge in [0.25, 0.3) is 5.91 Å². The monoisotopic (exact) mass is 329 g/mol. The van der Waals surface area contributed by atoms with Gasteiger partial charge in [0.2, 0.25) is 0 Å². The summed E-state index contributed by atoms with van der Waals surface area (Å²) >= 11 is 3.34. The predicted molar refractivity (Wildman–Crippen MR) is 78.3 cm³/mol. The zero-order chi connectivity index (χ0) is 14.5. The van der Waals surface area contributed by atoms with Crippen LogP contribution >= 0.6 is 15.9 Å². The van der Waals surface area contributed by atoms with Gasteiger partial charge in [0.05, 0.1) is 5.60 Å². The Balaban J connectivity index is 2.62. The molecule has 106 valence electrons. The number of hydrogen-bond acceptors (Lipinski definition) is 3. The largest absolute Gasteiger partial charge is 0.388 e. The minimum atomic E-state index is -0.967. The number of carbonyl (C=O) groups excluding carboxylic acids is 1. The SMILES string of the molecule is COCCC(C)(O)CNC(=O)c1cc(Br)ccc1C. The van der Waals surface area contributed by atoms with Crippen LogP contribution in [0.2, 0.25) is 0 Å². The molecule has 0 aliphatic rings. The van der Waals surface area contributed by atoms with Crippen LogP contribution in [0.3, 0.4) is 0 Å². The Morgan fingerprint density at radius 1 is 1.53 bits per heavy atom. The molecule has 0 aromatic heterocycles. The summed E-state index contributed by atoms with van der Waals surface area (Å²) in [7, 11) is 1.58. The van der Waals surface area contributed by atoms with Gasteiger partial charge < -0.3 is 15.2 Å². The first kappa shape index (κ1) is 16.1. The Bertz CT molecular complexity index is 446. The molecule has 0 heterocycles. The Morgan fingerprint density at radius 2 is 2.21 bits per heavy atom. The van der Waals surface area contributed by atoms with Crippen molar-refractivity contribution in [3.63, 3.8) is 0 Å². The molecule has 0 spiro atoms. The molecule has 0 saturated carbocycles. The Hall–Kier alpha value is -0.910. The van der Waals surface area contributed by atoms with Crippen molar-refractivity contribution in [3.8, 4) is 0 Å². The standard InChI is InChI=1S/C14H20BrNO3/c1-10-4-5-11(15)8-12(10)13(17)16-9-14(2,18)6-7-19-3/h4-5,8,18H,6-7,9H2,1-3H3,(H,16,17). The average molecular weight is 330 g/mol. The van der Waals surface area contributed by atoms with Gasteiger partial charge in [-0.2, -0.15) is 0 Å². The number of nitrogens with one attached hydrogen (secondary N) is 1.